The maximum atomic E-state index is 12.6. The van der Waals surface area contributed by atoms with Crippen LogP contribution in [-0.4, -0.2) is 52.7 Å². The van der Waals surface area contributed by atoms with E-state index in [9.17, 15) is 4.79 Å². The molecule has 0 spiro atoms. The first-order chi connectivity index (χ1) is 12.1. The molecule has 0 saturated carbocycles. The van der Waals surface area contributed by atoms with Gasteiger partial charge in [-0.15, -0.1) is 0 Å². The molecular weight excluding hydrogens is 322 g/mol. The summed E-state index contributed by atoms with van der Waals surface area (Å²) in [4.78, 5) is 23.1. The van der Waals surface area contributed by atoms with Crippen molar-refractivity contribution in [3.63, 3.8) is 0 Å². The van der Waals surface area contributed by atoms with Gasteiger partial charge in [0, 0.05) is 38.0 Å². The van der Waals surface area contributed by atoms with Gasteiger partial charge >= 0.3 is 0 Å². The van der Waals surface area contributed by atoms with Crippen molar-refractivity contribution in [1.82, 2.24) is 20.0 Å². The third-order valence-corrected chi connectivity index (χ3v) is 4.46. The van der Waals surface area contributed by atoms with Gasteiger partial charge in [-0.05, 0) is 20.3 Å². The first-order valence-electron chi connectivity index (χ1n) is 8.40. The zero-order chi connectivity index (χ0) is 17.8. The van der Waals surface area contributed by atoms with Gasteiger partial charge in [0.1, 0.15) is 23.4 Å². The van der Waals surface area contributed by atoms with Crippen LogP contribution in [0.25, 0.3) is 0 Å². The Kier molecular flexibility index (Phi) is 5.28. The lowest BCUT2D eigenvalue weighted by Crippen LogP contribution is -2.42. The van der Waals surface area contributed by atoms with Gasteiger partial charge in [0.05, 0.1) is 18.8 Å². The summed E-state index contributed by atoms with van der Waals surface area (Å²) in [6, 6.07) is 0. The number of hydrogen-bond acceptors (Lipinski definition) is 7. The number of carbonyl (C=O) groups excluding carboxylic acids is 1. The van der Waals surface area contributed by atoms with Gasteiger partial charge in [0.2, 0.25) is 5.91 Å². The minimum atomic E-state index is -0.270. The quantitative estimate of drug-likeness (QED) is 0.880. The maximum Gasteiger partial charge on any atom is 0.223 e. The van der Waals surface area contributed by atoms with Gasteiger partial charge in [0.25, 0.3) is 0 Å². The molecule has 1 aliphatic rings. The summed E-state index contributed by atoms with van der Waals surface area (Å²) < 4.78 is 11.0. The van der Waals surface area contributed by atoms with E-state index in [1.54, 1.807) is 19.4 Å². The summed E-state index contributed by atoms with van der Waals surface area (Å²) >= 11 is 0. The average Bonchev–Trinajstić information content (AvgIpc) is 2.97. The summed E-state index contributed by atoms with van der Waals surface area (Å²) in [7, 11) is 1.79. The molecule has 25 heavy (non-hydrogen) atoms. The van der Waals surface area contributed by atoms with E-state index < -0.39 is 0 Å². The second kappa shape index (κ2) is 7.60. The Morgan fingerprint density at radius 2 is 2.16 bits per heavy atom. The average molecular weight is 345 g/mol. The first kappa shape index (κ1) is 17.3. The Balaban J connectivity index is 1.64. The fourth-order valence-corrected chi connectivity index (χ4v) is 3.07. The summed E-state index contributed by atoms with van der Waals surface area (Å²) in [6.45, 7) is 5.33. The third-order valence-electron chi connectivity index (χ3n) is 4.46. The highest BCUT2D eigenvalue weighted by Gasteiger charge is 2.28. The fourth-order valence-electron chi connectivity index (χ4n) is 3.07. The van der Waals surface area contributed by atoms with E-state index in [-0.39, 0.29) is 12.0 Å². The number of nitrogens with zero attached hydrogens (tertiary/aromatic N) is 4. The largest absolute Gasteiger partial charge is 0.372 e. The fraction of sp³-hybridized carbons (Fsp3) is 0.529. The molecule has 0 aromatic carbocycles. The van der Waals surface area contributed by atoms with Crippen LogP contribution in [0.15, 0.2) is 16.9 Å². The number of anilines is 1. The van der Waals surface area contributed by atoms with Crippen LogP contribution in [0.4, 0.5) is 5.82 Å². The molecule has 1 N–H and O–H groups in total. The SMILES string of the molecule is CNc1nccnc1C1CN(C(=O)CCc2c(C)noc2C)CCO1. The molecule has 3 heterocycles. The molecule has 1 unspecified atom stereocenters. The predicted molar refractivity (Wildman–Crippen MR) is 91.1 cm³/mol. The molecule has 0 bridgehead atoms. The van der Waals surface area contributed by atoms with Gasteiger partial charge in [0.15, 0.2) is 0 Å². The van der Waals surface area contributed by atoms with E-state index in [1.807, 2.05) is 18.7 Å². The topological polar surface area (TPSA) is 93.4 Å². The van der Waals surface area contributed by atoms with Crippen molar-refractivity contribution in [2.75, 3.05) is 32.1 Å². The minimum absolute atomic E-state index is 0.100. The third kappa shape index (κ3) is 3.79. The number of amides is 1. The zero-order valence-electron chi connectivity index (χ0n) is 14.8. The molecule has 0 aliphatic carbocycles. The van der Waals surface area contributed by atoms with Crippen molar-refractivity contribution in [3.8, 4) is 0 Å². The highest BCUT2D eigenvalue weighted by Crippen LogP contribution is 2.25. The zero-order valence-corrected chi connectivity index (χ0v) is 14.8. The lowest BCUT2D eigenvalue weighted by atomic mass is 10.1. The molecule has 1 atom stereocenters. The molecule has 134 valence electrons. The molecule has 1 saturated heterocycles. The number of rotatable bonds is 5. The van der Waals surface area contributed by atoms with Crippen molar-refractivity contribution in [3.05, 3.63) is 35.1 Å². The highest BCUT2D eigenvalue weighted by molar-refractivity contribution is 5.76. The Hall–Kier alpha value is -2.48. The lowest BCUT2D eigenvalue weighted by Gasteiger charge is -2.33. The molecule has 2 aromatic heterocycles. The molecule has 2 aromatic rings. The Labute approximate surface area is 146 Å². The monoisotopic (exact) mass is 345 g/mol. The van der Waals surface area contributed by atoms with Crippen LogP contribution in [0.3, 0.4) is 0 Å². The van der Waals surface area contributed by atoms with Crippen LogP contribution in [0.1, 0.15) is 35.2 Å². The predicted octanol–water partition coefficient (Wildman–Crippen LogP) is 1.66. The van der Waals surface area contributed by atoms with Gasteiger partial charge in [-0.25, -0.2) is 4.98 Å². The summed E-state index contributed by atoms with van der Waals surface area (Å²) in [5.74, 6) is 1.56. The number of aromatic nitrogens is 3. The second-order valence-electron chi connectivity index (χ2n) is 6.04. The molecule has 8 heteroatoms. The smallest absolute Gasteiger partial charge is 0.223 e. The van der Waals surface area contributed by atoms with Crippen molar-refractivity contribution in [2.45, 2.75) is 32.8 Å². The van der Waals surface area contributed by atoms with Gasteiger partial charge in [-0.3, -0.25) is 9.78 Å². The number of carbonyl (C=O) groups is 1. The Morgan fingerprint density at radius 3 is 2.88 bits per heavy atom. The number of morpholine rings is 1. The van der Waals surface area contributed by atoms with E-state index in [2.05, 4.69) is 20.4 Å². The molecule has 0 radical (unpaired) electrons. The summed E-state index contributed by atoms with van der Waals surface area (Å²) in [5.41, 5.74) is 2.60. The van der Waals surface area contributed by atoms with E-state index in [4.69, 9.17) is 9.26 Å². The molecule has 1 fully saturated rings. The van der Waals surface area contributed by atoms with Crippen molar-refractivity contribution >= 4 is 11.7 Å². The molecule has 1 aliphatic heterocycles. The van der Waals surface area contributed by atoms with Crippen molar-refractivity contribution in [1.29, 1.82) is 0 Å². The minimum Gasteiger partial charge on any atom is -0.372 e. The van der Waals surface area contributed by atoms with E-state index >= 15 is 0 Å². The van der Waals surface area contributed by atoms with Crippen LogP contribution < -0.4 is 5.32 Å². The van der Waals surface area contributed by atoms with Crippen LogP contribution >= 0.6 is 0 Å². The molecular formula is C17H23N5O3. The molecule has 8 nitrogen and oxygen atoms in total. The second-order valence-corrected chi connectivity index (χ2v) is 6.04. The van der Waals surface area contributed by atoms with Crippen LogP contribution in [0, 0.1) is 13.8 Å². The van der Waals surface area contributed by atoms with Crippen molar-refractivity contribution < 1.29 is 14.1 Å². The maximum absolute atomic E-state index is 12.6. The van der Waals surface area contributed by atoms with E-state index in [0.717, 1.165) is 22.7 Å². The summed E-state index contributed by atoms with van der Waals surface area (Å²) in [5, 5.41) is 6.95. The molecule has 1 amide bonds. The normalized spacial score (nSPS) is 17.6. The lowest BCUT2D eigenvalue weighted by molar-refractivity contribution is -0.139. The van der Waals surface area contributed by atoms with Crippen molar-refractivity contribution in [2.24, 2.45) is 0 Å². The number of nitrogens with one attached hydrogen (secondary N) is 1. The number of aryl methyl sites for hydroxylation is 2. The van der Waals surface area contributed by atoms with E-state index in [1.165, 1.54) is 0 Å². The Morgan fingerprint density at radius 1 is 1.36 bits per heavy atom. The van der Waals surface area contributed by atoms with Gasteiger partial charge < -0.3 is 19.5 Å². The van der Waals surface area contributed by atoms with Gasteiger partial charge in [-0.2, -0.15) is 0 Å². The molecule has 3 rings (SSSR count). The van der Waals surface area contributed by atoms with E-state index in [0.29, 0.717) is 38.4 Å². The van der Waals surface area contributed by atoms with Crippen LogP contribution in [-0.2, 0) is 16.0 Å². The first-order valence-corrected chi connectivity index (χ1v) is 8.40. The van der Waals surface area contributed by atoms with Crippen LogP contribution in [0.2, 0.25) is 0 Å². The Bertz CT molecular complexity index is 726. The number of ether oxygens (including phenoxy) is 1. The van der Waals surface area contributed by atoms with Gasteiger partial charge in [-0.1, -0.05) is 5.16 Å². The standard InChI is InChI=1S/C17H23N5O3/c1-11-13(12(2)25-21-11)4-5-15(23)22-8-9-24-14(10-22)16-17(18-3)20-7-6-19-16/h6-7,14H,4-5,8-10H2,1-3H3,(H,18,20). The highest BCUT2D eigenvalue weighted by atomic mass is 16.5. The number of hydrogen-bond donors (Lipinski definition) is 1. The summed E-state index contributed by atoms with van der Waals surface area (Å²) in [6.07, 6.45) is 4.06. The van der Waals surface area contributed by atoms with Crippen LogP contribution in [0.5, 0.6) is 0 Å².